The van der Waals surface area contributed by atoms with Crippen LogP contribution in [0.15, 0.2) is 36.4 Å². The third-order valence-electron chi connectivity index (χ3n) is 1.85. The molecular weight excluding hydrogens is 222 g/mol. The highest BCUT2D eigenvalue weighted by molar-refractivity contribution is 5.89. The number of benzene rings is 1. The van der Waals surface area contributed by atoms with Crippen LogP contribution in [0.5, 0.6) is 5.75 Å². The average molecular weight is 235 g/mol. The largest absolute Gasteiger partial charge is 0.453 e. The lowest BCUT2D eigenvalue weighted by Gasteiger charge is -2.06. The first-order chi connectivity index (χ1) is 8.02. The fourth-order valence-electron chi connectivity index (χ4n) is 0.969. The van der Waals surface area contributed by atoms with Crippen LogP contribution in [0.3, 0.4) is 0 Å². The van der Waals surface area contributed by atoms with Crippen LogP contribution in [0.25, 0.3) is 0 Å². The molecule has 90 valence electrons. The summed E-state index contributed by atoms with van der Waals surface area (Å²) >= 11 is 0. The number of carbonyl (C=O) groups is 2. The molecule has 5 nitrogen and oxygen atoms in total. The normalized spacial score (nSPS) is 9.29. The van der Waals surface area contributed by atoms with Crippen LogP contribution in [0.4, 0.5) is 10.5 Å². The molecule has 1 aromatic carbocycles. The number of amides is 1. The van der Waals surface area contributed by atoms with E-state index in [0.717, 1.165) is 0 Å². The average Bonchev–Trinajstić information content (AvgIpc) is 2.31. The van der Waals surface area contributed by atoms with E-state index in [9.17, 15) is 9.59 Å². The van der Waals surface area contributed by atoms with Crippen molar-refractivity contribution in [2.24, 2.45) is 0 Å². The summed E-state index contributed by atoms with van der Waals surface area (Å²) in [6, 6.07) is 6.31. The molecule has 0 aliphatic carbocycles. The van der Waals surface area contributed by atoms with Crippen LogP contribution >= 0.6 is 0 Å². The molecule has 0 spiro atoms. The van der Waals surface area contributed by atoms with Gasteiger partial charge >= 0.3 is 12.1 Å². The molecule has 1 N–H and O–H groups in total. The molecule has 0 aliphatic rings. The van der Waals surface area contributed by atoms with Crippen molar-refractivity contribution in [1.82, 2.24) is 0 Å². The van der Waals surface area contributed by atoms with Gasteiger partial charge in [-0.25, -0.2) is 9.59 Å². The number of esters is 1. The van der Waals surface area contributed by atoms with Crippen molar-refractivity contribution in [2.75, 3.05) is 12.4 Å². The Labute approximate surface area is 99.0 Å². The number of anilines is 1. The predicted molar refractivity (Wildman–Crippen MR) is 62.9 cm³/mol. The van der Waals surface area contributed by atoms with Crippen LogP contribution in [-0.4, -0.2) is 19.2 Å². The summed E-state index contributed by atoms with van der Waals surface area (Å²) in [6.45, 7) is 5.04. The van der Waals surface area contributed by atoms with E-state index in [0.29, 0.717) is 17.0 Å². The van der Waals surface area contributed by atoms with Gasteiger partial charge in [0.25, 0.3) is 0 Å². The molecule has 0 aliphatic heterocycles. The first-order valence-corrected chi connectivity index (χ1v) is 4.85. The molecule has 1 aromatic rings. The third kappa shape index (κ3) is 3.98. The van der Waals surface area contributed by atoms with Crippen molar-refractivity contribution in [3.63, 3.8) is 0 Å². The minimum atomic E-state index is -0.559. The summed E-state index contributed by atoms with van der Waals surface area (Å²) in [6.07, 6.45) is -0.559. The van der Waals surface area contributed by atoms with Crippen molar-refractivity contribution in [3.05, 3.63) is 36.4 Å². The number of hydrogen-bond donors (Lipinski definition) is 1. The number of ether oxygens (including phenoxy) is 2. The van der Waals surface area contributed by atoms with Crippen LogP contribution in [-0.2, 0) is 9.53 Å². The van der Waals surface area contributed by atoms with Gasteiger partial charge in [-0.1, -0.05) is 6.58 Å². The molecule has 1 rings (SSSR count). The molecule has 0 bridgehead atoms. The zero-order valence-corrected chi connectivity index (χ0v) is 9.65. The van der Waals surface area contributed by atoms with Gasteiger partial charge in [-0.3, -0.25) is 5.32 Å². The topological polar surface area (TPSA) is 64.6 Å². The van der Waals surface area contributed by atoms with E-state index in [1.54, 1.807) is 31.2 Å². The van der Waals surface area contributed by atoms with Gasteiger partial charge in [-0.15, -0.1) is 0 Å². The second kappa shape index (κ2) is 5.69. The molecule has 0 saturated carbocycles. The molecule has 5 heteroatoms. The van der Waals surface area contributed by atoms with E-state index in [-0.39, 0.29) is 0 Å². The maximum Gasteiger partial charge on any atom is 0.411 e. The van der Waals surface area contributed by atoms with E-state index >= 15 is 0 Å². The van der Waals surface area contributed by atoms with Gasteiger partial charge in [-0.05, 0) is 31.2 Å². The van der Waals surface area contributed by atoms with Crippen molar-refractivity contribution >= 4 is 17.7 Å². The highest BCUT2D eigenvalue weighted by Gasteiger charge is 2.05. The van der Waals surface area contributed by atoms with E-state index in [1.807, 2.05) is 0 Å². The Kier molecular flexibility index (Phi) is 4.28. The molecule has 0 unspecified atom stereocenters. The molecule has 17 heavy (non-hydrogen) atoms. The maximum atomic E-state index is 11.2. The lowest BCUT2D eigenvalue weighted by atomic mass is 10.3. The quantitative estimate of drug-likeness (QED) is 0.496. The van der Waals surface area contributed by atoms with E-state index in [1.165, 1.54) is 7.11 Å². The zero-order chi connectivity index (χ0) is 12.8. The fraction of sp³-hybridized carbons (Fsp3) is 0.167. The molecule has 0 saturated heterocycles. The monoisotopic (exact) mass is 235 g/mol. The number of nitrogens with one attached hydrogen (secondary N) is 1. The standard InChI is InChI=1S/C12H13NO4/c1-8(2)11(14)17-10-6-4-9(5-7-10)13-12(15)16-3/h4-7H,1H2,2-3H3,(H,13,15). The predicted octanol–water partition coefficient (Wildman–Crippen LogP) is 2.35. The van der Waals surface area contributed by atoms with Gasteiger partial charge in [-0.2, -0.15) is 0 Å². The maximum absolute atomic E-state index is 11.2. The lowest BCUT2D eigenvalue weighted by molar-refractivity contribution is -0.130. The first kappa shape index (κ1) is 12.8. The van der Waals surface area contributed by atoms with Gasteiger partial charge in [0, 0.05) is 11.3 Å². The number of rotatable bonds is 3. The summed E-state index contributed by atoms with van der Waals surface area (Å²) in [5.41, 5.74) is 0.869. The summed E-state index contributed by atoms with van der Waals surface area (Å²) in [4.78, 5) is 22.1. The Morgan fingerprint density at radius 3 is 2.29 bits per heavy atom. The highest BCUT2D eigenvalue weighted by atomic mass is 16.5. The third-order valence-corrected chi connectivity index (χ3v) is 1.85. The van der Waals surface area contributed by atoms with Crippen LogP contribution in [0.2, 0.25) is 0 Å². The minimum absolute atomic E-state index is 0.321. The van der Waals surface area contributed by atoms with Crippen LogP contribution < -0.4 is 10.1 Å². The van der Waals surface area contributed by atoms with E-state index in [2.05, 4.69) is 16.6 Å². The molecule has 0 radical (unpaired) electrons. The van der Waals surface area contributed by atoms with Crippen molar-refractivity contribution in [3.8, 4) is 5.75 Å². The Balaban J connectivity index is 2.65. The second-order valence-electron chi connectivity index (χ2n) is 3.31. The summed E-state index contributed by atoms with van der Waals surface area (Å²) < 4.78 is 9.41. The molecule has 1 amide bonds. The van der Waals surface area contributed by atoms with Crippen LogP contribution in [0, 0.1) is 0 Å². The van der Waals surface area contributed by atoms with Crippen molar-refractivity contribution in [1.29, 1.82) is 0 Å². The Morgan fingerprint density at radius 2 is 1.82 bits per heavy atom. The van der Waals surface area contributed by atoms with Gasteiger partial charge in [0.05, 0.1) is 7.11 Å². The smallest absolute Gasteiger partial charge is 0.411 e. The SMILES string of the molecule is C=C(C)C(=O)Oc1ccc(NC(=O)OC)cc1. The minimum Gasteiger partial charge on any atom is -0.453 e. The molecule has 0 heterocycles. The summed E-state index contributed by atoms with van der Waals surface area (Å²) in [5, 5.41) is 2.48. The van der Waals surface area contributed by atoms with Gasteiger partial charge in [0.15, 0.2) is 0 Å². The molecular formula is C12H13NO4. The number of hydrogen-bond acceptors (Lipinski definition) is 4. The molecule has 0 fully saturated rings. The van der Waals surface area contributed by atoms with Gasteiger partial charge in [0.1, 0.15) is 5.75 Å². The first-order valence-electron chi connectivity index (χ1n) is 4.85. The van der Waals surface area contributed by atoms with Crippen LogP contribution in [0.1, 0.15) is 6.92 Å². The Morgan fingerprint density at radius 1 is 1.24 bits per heavy atom. The number of methoxy groups -OCH3 is 1. The van der Waals surface area contributed by atoms with E-state index in [4.69, 9.17) is 4.74 Å². The highest BCUT2D eigenvalue weighted by Crippen LogP contribution is 2.16. The summed E-state index contributed by atoms with van der Waals surface area (Å²) in [5.74, 6) is -0.105. The molecule has 0 aromatic heterocycles. The zero-order valence-electron chi connectivity index (χ0n) is 9.65. The Hall–Kier alpha value is -2.30. The van der Waals surface area contributed by atoms with Crippen molar-refractivity contribution in [2.45, 2.75) is 6.92 Å². The van der Waals surface area contributed by atoms with E-state index < -0.39 is 12.1 Å². The second-order valence-corrected chi connectivity index (χ2v) is 3.31. The fourth-order valence-corrected chi connectivity index (χ4v) is 0.969. The number of carbonyl (C=O) groups excluding carboxylic acids is 2. The summed E-state index contributed by atoms with van der Waals surface area (Å²) in [7, 11) is 1.28. The Bertz CT molecular complexity index is 436. The van der Waals surface area contributed by atoms with Crippen molar-refractivity contribution < 1.29 is 19.1 Å². The molecule has 0 atom stereocenters. The van der Waals surface area contributed by atoms with Gasteiger partial charge < -0.3 is 9.47 Å². The lowest BCUT2D eigenvalue weighted by Crippen LogP contribution is -2.11. The van der Waals surface area contributed by atoms with Gasteiger partial charge in [0.2, 0.25) is 0 Å².